The van der Waals surface area contributed by atoms with Crippen LogP contribution in [0.1, 0.15) is 44.1 Å². The molecule has 0 radical (unpaired) electrons. The topological polar surface area (TPSA) is 17.8 Å². The van der Waals surface area contributed by atoms with Crippen molar-refractivity contribution in [2.24, 2.45) is 0 Å². The SMILES string of the molecule is CCCc1nc2ccccc2n1-c1cccc(-c2cc3c(c4ccccc24)C(C)(C)c2c-3c3ccccc3c3ccccc23)c1. The number of imidazole rings is 1. The summed E-state index contributed by atoms with van der Waals surface area (Å²) in [6, 6.07) is 47.0. The van der Waals surface area contributed by atoms with Gasteiger partial charge in [0.25, 0.3) is 0 Å². The predicted octanol–water partition coefficient (Wildman–Crippen LogP) is 11.4. The van der Waals surface area contributed by atoms with Crippen LogP contribution in [0.15, 0.2) is 127 Å². The molecule has 2 nitrogen and oxygen atoms in total. The number of aromatic nitrogens is 2. The van der Waals surface area contributed by atoms with E-state index in [2.05, 4.69) is 153 Å². The first-order chi connectivity index (χ1) is 22.1. The molecule has 0 fully saturated rings. The number of hydrogen-bond donors (Lipinski definition) is 0. The minimum atomic E-state index is -0.154. The predicted molar refractivity (Wildman–Crippen MR) is 191 cm³/mol. The Morgan fingerprint density at radius 2 is 1.20 bits per heavy atom. The van der Waals surface area contributed by atoms with Crippen LogP contribution in [0.5, 0.6) is 0 Å². The lowest BCUT2D eigenvalue weighted by molar-refractivity contribution is 0.672. The zero-order valence-corrected chi connectivity index (χ0v) is 25.9. The highest BCUT2D eigenvalue weighted by Crippen LogP contribution is 2.57. The van der Waals surface area contributed by atoms with Crippen LogP contribution in [0.3, 0.4) is 0 Å². The second-order valence-electron chi connectivity index (χ2n) is 13.0. The van der Waals surface area contributed by atoms with Crippen LogP contribution in [-0.2, 0) is 11.8 Å². The summed E-state index contributed by atoms with van der Waals surface area (Å²) < 4.78 is 2.36. The molecule has 45 heavy (non-hydrogen) atoms. The Morgan fingerprint density at radius 3 is 1.96 bits per heavy atom. The van der Waals surface area contributed by atoms with Crippen molar-refractivity contribution in [2.45, 2.75) is 39.0 Å². The van der Waals surface area contributed by atoms with Crippen LogP contribution in [0.4, 0.5) is 0 Å². The molecule has 0 amide bonds. The van der Waals surface area contributed by atoms with E-state index in [1.54, 1.807) is 0 Å². The largest absolute Gasteiger partial charge is 0.296 e. The molecule has 1 aliphatic rings. The van der Waals surface area contributed by atoms with Crippen molar-refractivity contribution in [3.63, 3.8) is 0 Å². The van der Waals surface area contributed by atoms with Gasteiger partial charge in [0, 0.05) is 17.5 Å². The third-order valence-corrected chi connectivity index (χ3v) is 10.0. The van der Waals surface area contributed by atoms with Gasteiger partial charge in [0.15, 0.2) is 0 Å². The van der Waals surface area contributed by atoms with Gasteiger partial charge in [0.05, 0.1) is 11.0 Å². The molecule has 9 rings (SSSR count). The Bertz CT molecular complexity index is 2480. The van der Waals surface area contributed by atoms with E-state index in [1.165, 1.54) is 65.7 Å². The third kappa shape index (κ3) is 3.66. The van der Waals surface area contributed by atoms with E-state index in [4.69, 9.17) is 4.98 Å². The number of fused-ring (bicyclic) bond motifs is 11. The van der Waals surface area contributed by atoms with Crippen molar-refractivity contribution in [3.05, 3.63) is 144 Å². The Morgan fingerprint density at radius 1 is 0.578 bits per heavy atom. The average Bonchev–Trinajstić information content (AvgIpc) is 3.56. The summed E-state index contributed by atoms with van der Waals surface area (Å²) in [7, 11) is 0. The molecule has 7 aromatic carbocycles. The molecule has 0 unspecified atom stereocenters. The summed E-state index contributed by atoms with van der Waals surface area (Å²) in [5.41, 5.74) is 11.3. The highest BCUT2D eigenvalue weighted by atomic mass is 15.1. The fourth-order valence-corrected chi connectivity index (χ4v) is 8.25. The van der Waals surface area contributed by atoms with E-state index in [0.29, 0.717) is 0 Å². The normalized spacial score (nSPS) is 13.6. The second-order valence-corrected chi connectivity index (χ2v) is 13.0. The molecule has 0 atom stereocenters. The van der Waals surface area contributed by atoms with Crippen LogP contribution >= 0.6 is 0 Å². The minimum absolute atomic E-state index is 0.154. The van der Waals surface area contributed by atoms with Crippen LogP contribution in [0, 0.1) is 0 Å². The average molecular weight is 579 g/mol. The first-order valence-corrected chi connectivity index (χ1v) is 16.1. The molecule has 0 saturated heterocycles. The molecule has 8 aromatic rings. The molecule has 0 saturated carbocycles. The standard InChI is InChI=1S/C43H34N2/c1-4-14-39-44-37-23-11-12-24-38(37)45(39)28-16-13-15-27(25-28)35-26-36-40-32-20-8-5-17-29(32)30-18-6-10-22-34(30)42(40)43(2,3)41(36)33-21-9-7-19-31(33)35/h5-13,15-26H,4,14H2,1-3H3. The molecule has 2 heteroatoms. The summed E-state index contributed by atoms with van der Waals surface area (Å²) in [5, 5.41) is 7.98. The van der Waals surface area contributed by atoms with Crippen LogP contribution in [-0.4, -0.2) is 9.55 Å². The van der Waals surface area contributed by atoms with Gasteiger partial charge in [-0.15, -0.1) is 0 Å². The maximum absolute atomic E-state index is 5.04. The maximum atomic E-state index is 5.04. The van der Waals surface area contributed by atoms with E-state index >= 15 is 0 Å². The Balaban J connectivity index is 1.36. The van der Waals surface area contributed by atoms with Gasteiger partial charge in [0.1, 0.15) is 5.82 Å². The molecular weight excluding hydrogens is 544 g/mol. The number of aryl methyl sites for hydroxylation is 1. The van der Waals surface area contributed by atoms with E-state index in [9.17, 15) is 0 Å². The van der Waals surface area contributed by atoms with E-state index in [1.807, 2.05) is 0 Å². The van der Waals surface area contributed by atoms with Gasteiger partial charge in [-0.25, -0.2) is 4.98 Å². The van der Waals surface area contributed by atoms with Gasteiger partial charge < -0.3 is 0 Å². The van der Waals surface area contributed by atoms with Gasteiger partial charge in [-0.2, -0.15) is 0 Å². The lowest BCUT2D eigenvalue weighted by atomic mass is 9.77. The van der Waals surface area contributed by atoms with Crippen LogP contribution in [0.2, 0.25) is 0 Å². The van der Waals surface area contributed by atoms with Gasteiger partial charge >= 0.3 is 0 Å². The number of rotatable bonds is 4. The smallest absolute Gasteiger partial charge is 0.114 e. The molecule has 0 N–H and O–H groups in total. The second kappa shape index (κ2) is 9.64. The zero-order chi connectivity index (χ0) is 30.3. The van der Waals surface area contributed by atoms with Gasteiger partial charge in [-0.1, -0.05) is 118 Å². The molecular formula is C43H34N2. The van der Waals surface area contributed by atoms with Crippen molar-refractivity contribution >= 4 is 43.4 Å². The lowest BCUT2D eigenvalue weighted by Crippen LogP contribution is -2.16. The Hall–Kier alpha value is -5.21. The fraction of sp³-hybridized carbons (Fsp3) is 0.140. The summed E-state index contributed by atoms with van der Waals surface area (Å²) in [6.45, 7) is 7.07. The molecule has 1 aromatic heterocycles. The number of nitrogens with zero attached hydrogens (tertiary/aromatic N) is 2. The Kier molecular flexibility index (Phi) is 5.62. The molecule has 216 valence electrons. The summed E-state index contributed by atoms with van der Waals surface area (Å²) in [5.74, 6) is 1.11. The number of benzene rings is 7. The molecule has 0 bridgehead atoms. The van der Waals surface area contributed by atoms with Crippen molar-refractivity contribution in [3.8, 4) is 27.9 Å². The summed E-state index contributed by atoms with van der Waals surface area (Å²) >= 11 is 0. The number of para-hydroxylation sites is 2. The van der Waals surface area contributed by atoms with E-state index in [-0.39, 0.29) is 5.41 Å². The molecule has 1 aliphatic carbocycles. The van der Waals surface area contributed by atoms with Crippen LogP contribution in [0.25, 0.3) is 71.3 Å². The quantitative estimate of drug-likeness (QED) is 0.190. The van der Waals surface area contributed by atoms with Gasteiger partial charge in [-0.3, -0.25) is 4.57 Å². The third-order valence-electron chi connectivity index (χ3n) is 10.0. The maximum Gasteiger partial charge on any atom is 0.114 e. The minimum Gasteiger partial charge on any atom is -0.296 e. The molecule has 1 heterocycles. The highest BCUT2D eigenvalue weighted by molar-refractivity contribution is 6.20. The lowest BCUT2D eigenvalue weighted by Gasteiger charge is -2.25. The highest BCUT2D eigenvalue weighted by Gasteiger charge is 2.40. The summed E-state index contributed by atoms with van der Waals surface area (Å²) in [4.78, 5) is 5.04. The molecule has 0 spiro atoms. The van der Waals surface area contributed by atoms with Crippen molar-refractivity contribution in [1.82, 2.24) is 9.55 Å². The van der Waals surface area contributed by atoms with E-state index in [0.717, 1.165) is 35.4 Å². The Labute approximate surface area is 263 Å². The number of hydrogen-bond acceptors (Lipinski definition) is 1. The monoisotopic (exact) mass is 578 g/mol. The van der Waals surface area contributed by atoms with Gasteiger partial charge in [0.2, 0.25) is 0 Å². The zero-order valence-electron chi connectivity index (χ0n) is 25.9. The van der Waals surface area contributed by atoms with E-state index < -0.39 is 0 Å². The fourth-order valence-electron chi connectivity index (χ4n) is 8.25. The first kappa shape index (κ1) is 26.2. The molecule has 0 aliphatic heterocycles. The van der Waals surface area contributed by atoms with Crippen molar-refractivity contribution < 1.29 is 0 Å². The summed E-state index contributed by atoms with van der Waals surface area (Å²) in [6.07, 6.45) is 1.99. The van der Waals surface area contributed by atoms with Crippen LogP contribution < -0.4 is 0 Å². The van der Waals surface area contributed by atoms with Crippen molar-refractivity contribution in [1.29, 1.82) is 0 Å². The first-order valence-electron chi connectivity index (χ1n) is 16.1. The van der Waals surface area contributed by atoms with Gasteiger partial charge in [-0.05, 0) is 102 Å². The van der Waals surface area contributed by atoms with Crippen molar-refractivity contribution in [2.75, 3.05) is 0 Å².